The molecule has 0 aliphatic rings. The molecule has 0 spiro atoms. The Kier molecular flexibility index (Phi) is 5.83. The van der Waals surface area contributed by atoms with Crippen LogP contribution in [0.4, 0.5) is 0 Å². The van der Waals surface area contributed by atoms with Gasteiger partial charge in [0.1, 0.15) is 0 Å². The first-order valence-corrected chi connectivity index (χ1v) is 6.25. The van der Waals surface area contributed by atoms with Crippen molar-refractivity contribution in [3.63, 3.8) is 0 Å². The van der Waals surface area contributed by atoms with E-state index in [1.165, 1.54) is 25.3 Å². The van der Waals surface area contributed by atoms with Crippen LogP contribution in [0.5, 0.6) is 11.5 Å². The summed E-state index contributed by atoms with van der Waals surface area (Å²) in [6, 6.07) is 4.22. The summed E-state index contributed by atoms with van der Waals surface area (Å²) < 4.78 is 10.4. The van der Waals surface area contributed by atoms with Crippen LogP contribution in [0.1, 0.15) is 24.2 Å². The first-order chi connectivity index (χ1) is 9.43. The molecule has 0 radical (unpaired) electrons. The van der Waals surface area contributed by atoms with Gasteiger partial charge in [0.05, 0.1) is 12.7 Å². The summed E-state index contributed by atoms with van der Waals surface area (Å²) in [6.45, 7) is 4.43. The molecule has 20 heavy (non-hydrogen) atoms. The third-order valence-electron chi connectivity index (χ3n) is 2.48. The fourth-order valence-electron chi connectivity index (χ4n) is 1.43. The third kappa shape index (κ3) is 4.79. The topological polar surface area (TPSA) is 84.9 Å². The quantitative estimate of drug-likeness (QED) is 0.792. The van der Waals surface area contributed by atoms with Crippen LogP contribution >= 0.6 is 0 Å². The molecule has 0 fully saturated rings. The molecule has 110 valence electrons. The van der Waals surface area contributed by atoms with Gasteiger partial charge in [0, 0.05) is 6.54 Å². The second-order valence-electron chi connectivity index (χ2n) is 4.66. The average Bonchev–Trinajstić information content (AvgIpc) is 2.42. The van der Waals surface area contributed by atoms with Crippen molar-refractivity contribution in [2.24, 2.45) is 5.92 Å². The van der Waals surface area contributed by atoms with E-state index in [4.69, 9.17) is 14.6 Å². The van der Waals surface area contributed by atoms with Crippen molar-refractivity contribution in [2.75, 3.05) is 20.3 Å². The number of methoxy groups -OCH3 is 1. The Hall–Kier alpha value is -2.24. The van der Waals surface area contributed by atoms with E-state index in [9.17, 15) is 9.59 Å². The predicted molar refractivity (Wildman–Crippen MR) is 73.3 cm³/mol. The Morgan fingerprint density at radius 2 is 2.00 bits per heavy atom. The fraction of sp³-hybridized carbons (Fsp3) is 0.429. The van der Waals surface area contributed by atoms with Gasteiger partial charge in [-0.25, -0.2) is 4.79 Å². The maximum atomic E-state index is 11.5. The second kappa shape index (κ2) is 7.37. The molecule has 0 unspecified atom stereocenters. The zero-order valence-electron chi connectivity index (χ0n) is 11.8. The highest BCUT2D eigenvalue weighted by molar-refractivity contribution is 5.88. The average molecular weight is 281 g/mol. The predicted octanol–water partition coefficient (Wildman–Crippen LogP) is 1.54. The lowest BCUT2D eigenvalue weighted by molar-refractivity contribution is -0.123. The minimum absolute atomic E-state index is 0.0958. The number of benzene rings is 1. The van der Waals surface area contributed by atoms with Crippen molar-refractivity contribution >= 4 is 11.9 Å². The van der Waals surface area contributed by atoms with Crippen LogP contribution in [0.2, 0.25) is 0 Å². The van der Waals surface area contributed by atoms with Crippen LogP contribution in [0, 0.1) is 5.92 Å². The molecule has 1 rings (SSSR count). The molecule has 0 aliphatic heterocycles. The highest BCUT2D eigenvalue weighted by Gasteiger charge is 2.11. The number of rotatable bonds is 7. The second-order valence-corrected chi connectivity index (χ2v) is 4.66. The molecule has 0 aliphatic carbocycles. The van der Waals surface area contributed by atoms with Crippen LogP contribution in [0.15, 0.2) is 18.2 Å². The number of aromatic carboxylic acids is 1. The third-order valence-corrected chi connectivity index (χ3v) is 2.48. The van der Waals surface area contributed by atoms with Gasteiger partial charge in [0.15, 0.2) is 18.1 Å². The number of ether oxygens (including phenoxy) is 2. The number of carboxylic acid groups (broad SMARTS) is 1. The monoisotopic (exact) mass is 281 g/mol. The number of amides is 1. The SMILES string of the molecule is COc1cc(C(=O)O)ccc1OCC(=O)NCC(C)C. The maximum absolute atomic E-state index is 11.5. The van der Waals surface area contributed by atoms with E-state index in [2.05, 4.69) is 5.32 Å². The van der Waals surface area contributed by atoms with Crippen molar-refractivity contribution in [2.45, 2.75) is 13.8 Å². The zero-order valence-corrected chi connectivity index (χ0v) is 11.8. The normalized spacial score (nSPS) is 10.2. The summed E-state index contributed by atoms with van der Waals surface area (Å²) in [5.41, 5.74) is 0.0958. The van der Waals surface area contributed by atoms with Crippen molar-refractivity contribution in [1.82, 2.24) is 5.32 Å². The van der Waals surface area contributed by atoms with E-state index in [1.807, 2.05) is 13.8 Å². The molecule has 0 atom stereocenters. The van der Waals surface area contributed by atoms with E-state index < -0.39 is 5.97 Å². The molecular formula is C14H19NO5. The summed E-state index contributed by atoms with van der Waals surface area (Å²) in [5.74, 6) is -0.310. The van der Waals surface area contributed by atoms with E-state index in [0.717, 1.165) is 0 Å². The van der Waals surface area contributed by atoms with Gasteiger partial charge in [0.25, 0.3) is 5.91 Å². The first-order valence-electron chi connectivity index (χ1n) is 6.25. The Bertz CT molecular complexity index is 484. The molecule has 1 amide bonds. The van der Waals surface area contributed by atoms with Crippen molar-refractivity contribution < 1.29 is 24.2 Å². The Morgan fingerprint density at radius 3 is 2.55 bits per heavy atom. The highest BCUT2D eigenvalue weighted by atomic mass is 16.5. The molecule has 0 aromatic heterocycles. The van der Waals surface area contributed by atoms with Gasteiger partial charge >= 0.3 is 5.97 Å². The number of carboxylic acids is 1. The summed E-state index contributed by atoms with van der Waals surface area (Å²) in [6.07, 6.45) is 0. The standard InChI is InChI=1S/C14H19NO5/c1-9(2)7-15-13(16)8-20-11-5-4-10(14(17)18)6-12(11)19-3/h4-6,9H,7-8H2,1-3H3,(H,15,16)(H,17,18). The van der Waals surface area contributed by atoms with E-state index >= 15 is 0 Å². The Morgan fingerprint density at radius 1 is 1.30 bits per heavy atom. The van der Waals surface area contributed by atoms with Gasteiger partial charge in [-0.1, -0.05) is 13.8 Å². The van der Waals surface area contributed by atoms with Gasteiger partial charge in [-0.3, -0.25) is 4.79 Å². The lowest BCUT2D eigenvalue weighted by atomic mass is 10.2. The summed E-state index contributed by atoms with van der Waals surface area (Å²) in [4.78, 5) is 22.4. The molecule has 2 N–H and O–H groups in total. The number of hydrogen-bond donors (Lipinski definition) is 2. The summed E-state index contributed by atoms with van der Waals surface area (Å²) in [5, 5.41) is 11.6. The lowest BCUT2D eigenvalue weighted by Gasteiger charge is -2.12. The molecule has 6 nitrogen and oxygen atoms in total. The van der Waals surface area contributed by atoms with Gasteiger partial charge in [-0.15, -0.1) is 0 Å². The maximum Gasteiger partial charge on any atom is 0.335 e. The number of carbonyl (C=O) groups excluding carboxylic acids is 1. The van der Waals surface area contributed by atoms with Crippen molar-refractivity contribution in [1.29, 1.82) is 0 Å². The van der Waals surface area contributed by atoms with E-state index in [0.29, 0.717) is 18.2 Å². The largest absolute Gasteiger partial charge is 0.493 e. The van der Waals surface area contributed by atoms with Crippen LogP contribution < -0.4 is 14.8 Å². The Balaban J connectivity index is 2.63. The minimum atomic E-state index is -1.05. The van der Waals surface area contributed by atoms with E-state index in [-0.39, 0.29) is 23.8 Å². The van der Waals surface area contributed by atoms with E-state index in [1.54, 1.807) is 0 Å². The minimum Gasteiger partial charge on any atom is -0.493 e. The zero-order chi connectivity index (χ0) is 15.1. The first kappa shape index (κ1) is 15.8. The fourth-order valence-corrected chi connectivity index (χ4v) is 1.43. The van der Waals surface area contributed by atoms with Crippen molar-refractivity contribution in [3.8, 4) is 11.5 Å². The van der Waals surface area contributed by atoms with Gasteiger partial charge < -0.3 is 19.9 Å². The number of carbonyl (C=O) groups is 2. The molecule has 0 heterocycles. The summed E-state index contributed by atoms with van der Waals surface area (Å²) >= 11 is 0. The lowest BCUT2D eigenvalue weighted by Crippen LogP contribution is -2.31. The van der Waals surface area contributed by atoms with Crippen LogP contribution in [-0.2, 0) is 4.79 Å². The van der Waals surface area contributed by atoms with Crippen LogP contribution in [-0.4, -0.2) is 37.2 Å². The molecule has 0 saturated carbocycles. The molecule has 1 aromatic carbocycles. The summed E-state index contributed by atoms with van der Waals surface area (Å²) in [7, 11) is 1.41. The molecule has 6 heteroatoms. The molecule has 1 aromatic rings. The van der Waals surface area contributed by atoms with Gasteiger partial charge in [-0.05, 0) is 24.1 Å². The van der Waals surface area contributed by atoms with Crippen LogP contribution in [0.25, 0.3) is 0 Å². The van der Waals surface area contributed by atoms with Gasteiger partial charge in [0.2, 0.25) is 0 Å². The van der Waals surface area contributed by atoms with Crippen LogP contribution in [0.3, 0.4) is 0 Å². The number of nitrogens with one attached hydrogen (secondary N) is 1. The molecule has 0 bridgehead atoms. The van der Waals surface area contributed by atoms with Gasteiger partial charge in [-0.2, -0.15) is 0 Å². The number of hydrogen-bond acceptors (Lipinski definition) is 4. The van der Waals surface area contributed by atoms with Crippen molar-refractivity contribution in [3.05, 3.63) is 23.8 Å². The Labute approximate surface area is 117 Å². The molecular weight excluding hydrogens is 262 g/mol. The highest BCUT2D eigenvalue weighted by Crippen LogP contribution is 2.27. The smallest absolute Gasteiger partial charge is 0.335 e. The molecule has 0 saturated heterocycles.